The quantitative estimate of drug-likeness (QED) is 0.390. The number of hydrogen-bond acceptors (Lipinski definition) is 5. The van der Waals surface area contributed by atoms with E-state index in [1.54, 1.807) is 36.7 Å². The SMILES string of the molecule is Cc1snc2c1c1cc(C(=O)NCc3ncccn3)ccc1n2-c1ccc(C(F)(F)F)cc1. The fourth-order valence-corrected chi connectivity index (χ4v) is 4.44. The standard InChI is InChI=1S/C23H16F3N5OS/c1-13-20-17-11-14(22(32)29-12-19-27-9-2-10-28-19)3-8-18(17)31(21(20)30-33-13)16-6-4-15(5-7-16)23(24,25)26/h2-11H,12H2,1H3,(H,29,32). The van der Waals surface area contributed by atoms with Gasteiger partial charge in [-0.05, 0) is 67.0 Å². The number of amides is 1. The van der Waals surface area contributed by atoms with Crippen molar-refractivity contribution in [2.45, 2.75) is 19.6 Å². The Kier molecular flexibility index (Phi) is 5.09. The molecule has 0 unspecified atom stereocenters. The second-order valence-electron chi connectivity index (χ2n) is 7.40. The third-order valence-corrected chi connectivity index (χ3v) is 6.05. The Morgan fingerprint density at radius 3 is 2.52 bits per heavy atom. The molecule has 166 valence electrons. The van der Waals surface area contributed by atoms with E-state index in [1.807, 2.05) is 11.5 Å². The molecule has 0 saturated carbocycles. The van der Waals surface area contributed by atoms with Gasteiger partial charge < -0.3 is 5.32 Å². The van der Waals surface area contributed by atoms with Gasteiger partial charge in [-0.3, -0.25) is 9.36 Å². The van der Waals surface area contributed by atoms with Crippen molar-refractivity contribution in [1.29, 1.82) is 0 Å². The van der Waals surface area contributed by atoms with E-state index < -0.39 is 11.7 Å². The molecule has 2 aromatic carbocycles. The van der Waals surface area contributed by atoms with Crippen LogP contribution in [0.3, 0.4) is 0 Å². The second kappa shape index (κ2) is 7.96. The Labute approximate surface area is 189 Å². The largest absolute Gasteiger partial charge is 0.416 e. The van der Waals surface area contributed by atoms with Crippen molar-refractivity contribution in [1.82, 2.24) is 24.2 Å². The summed E-state index contributed by atoms with van der Waals surface area (Å²) in [7, 11) is 0. The zero-order valence-electron chi connectivity index (χ0n) is 17.2. The highest BCUT2D eigenvalue weighted by Gasteiger charge is 2.30. The molecule has 0 fully saturated rings. The van der Waals surface area contributed by atoms with Gasteiger partial charge in [-0.1, -0.05) is 0 Å². The molecule has 0 spiro atoms. The van der Waals surface area contributed by atoms with Gasteiger partial charge in [0, 0.05) is 39.3 Å². The number of carbonyl (C=O) groups is 1. The second-order valence-corrected chi connectivity index (χ2v) is 8.37. The van der Waals surface area contributed by atoms with Crippen molar-refractivity contribution in [3.05, 3.63) is 82.8 Å². The molecular formula is C23H16F3N5OS. The lowest BCUT2D eigenvalue weighted by Crippen LogP contribution is -2.23. The van der Waals surface area contributed by atoms with Crippen molar-refractivity contribution < 1.29 is 18.0 Å². The summed E-state index contributed by atoms with van der Waals surface area (Å²) in [5.41, 5.74) is 1.70. The number of alkyl halides is 3. The van der Waals surface area contributed by atoms with E-state index in [0.29, 0.717) is 22.7 Å². The number of rotatable bonds is 4. The zero-order valence-corrected chi connectivity index (χ0v) is 18.0. The Balaban J connectivity index is 1.55. The molecule has 10 heteroatoms. The molecule has 6 nitrogen and oxygen atoms in total. The van der Waals surface area contributed by atoms with Gasteiger partial charge in [0.1, 0.15) is 5.82 Å². The van der Waals surface area contributed by atoms with Crippen LogP contribution < -0.4 is 5.32 Å². The Morgan fingerprint density at radius 1 is 1.09 bits per heavy atom. The minimum atomic E-state index is -4.41. The van der Waals surface area contributed by atoms with E-state index in [1.165, 1.54) is 23.7 Å². The van der Waals surface area contributed by atoms with Gasteiger partial charge in [0.2, 0.25) is 0 Å². The molecule has 0 aliphatic heterocycles. The van der Waals surface area contributed by atoms with Crippen molar-refractivity contribution in [2.75, 3.05) is 0 Å². The van der Waals surface area contributed by atoms with Gasteiger partial charge in [0.15, 0.2) is 5.65 Å². The molecular weight excluding hydrogens is 451 g/mol. The fraction of sp³-hybridized carbons (Fsp3) is 0.130. The van der Waals surface area contributed by atoms with Crippen LogP contribution in [0.5, 0.6) is 0 Å². The van der Waals surface area contributed by atoms with Gasteiger partial charge in [-0.25, -0.2) is 9.97 Å². The first-order valence-corrected chi connectivity index (χ1v) is 10.7. The summed E-state index contributed by atoms with van der Waals surface area (Å²) < 4.78 is 45.3. The predicted octanol–water partition coefficient (Wildman–Crippen LogP) is 5.29. The van der Waals surface area contributed by atoms with E-state index in [0.717, 1.165) is 33.3 Å². The molecule has 1 amide bonds. The molecule has 0 atom stereocenters. The summed E-state index contributed by atoms with van der Waals surface area (Å²) in [6.07, 6.45) is -1.20. The predicted molar refractivity (Wildman–Crippen MR) is 119 cm³/mol. The lowest BCUT2D eigenvalue weighted by molar-refractivity contribution is -0.137. The highest BCUT2D eigenvalue weighted by atomic mass is 32.1. The number of aryl methyl sites for hydroxylation is 1. The number of nitrogens with zero attached hydrogens (tertiary/aromatic N) is 4. The van der Waals surface area contributed by atoms with Crippen LogP contribution in [0.2, 0.25) is 0 Å². The summed E-state index contributed by atoms with van der Waals surface area (Å²) in [4.78, 5) is 21.9. The highest BCUT2D eigenvalue weighted by Crippen LogP contribution is 2.37. The van der Waals surface area contributed by atoms with Crippen LogP contribution in [0.4, 0.5) is 13.2 Å². The minimum absolute atomic E-state index is 0.193. The molecule has 0 saturated heterocycles. The van der Waals surface area contributed by atoms with Crippen LogP contribution in [-0.4, -0.2) is 24.8 Å². The molecule has 1 N–H and O–H groups in total. The van der Waals surface area contributed by atoms with Crippen LogP contribution in [-0.2, 0) is 12.7 Å². The van der Waals surface area contributed by atoms with Gasteiger partial charge in [0.05, 0.1) is 17.6 Å². The van der Waals surface area contributed by atoms with Crippen LogP contribution >= 0.6 is 11.5 Å². The Bertz CT molecular complexity index is 1470. The van der Waals surface area contributed by atoms with E-state index >= 15 is 0 Å². The van der Waals surface area contributed by atoms with Gasteiger partial charge in [-0.15, -0.1) is 0 Å². The lowest BCUT2D eigenvalue weighted by atomic mass is 10.1. The molecule has 3 aromatic heterocycles. The molecule has 0 aliphatic carbocycles. The average Bonchev–Trinajstić information content (AvgIpc) is 3.34. The van der Waals surface area contributed by atoms with Crippen molar-refractivity contribution in [3.8, 4) is 5.69 Å². The maximum absolute atomic E-state index is 13.0. The monoisotopic (exact) mass is 467 g/mol. The first-order valence-electron chi connectivity index (χ1n) is 9.95. The van der Waals surface area contributed by atoms with E-state index in [4.69, 9.17) is 0 Å². The lowest BCUT2D eigenvalue weighted by Gasteiger charge is -2.10. The third-order valence-electron chi connectivity index (χ3n) is 5.30. The van der Waals surface area contributed by atoms with Gasteiger partial charge >= 0.3 is 6.18 Å². The Hall–Kier alpha value is -3.79. The molecule has 5 rings (SSSR count). The summed E-state index contributed by atoms with van der Waals surface area (Å²) in [5, 5.41) is 4.48. The first-order chi connectivity index (χ1) is 15.8. The zero-order chi connectivity index (χ0) is 23.2. The Morgan fingerprint density at radius 2 is 1.82 bits per heavy atom. The maximum atomic E-state index is 13.0. The van der Waals surface area contributed by atoms with Crippen LogP contribution in [0.1, 0.15) is 26.6 Å². The smallest absolute Gasteiger partial charge is 0.345 e. The number of hydrogen-bond donors (Lipinski definition) is 1. The number of fused-ring (bicyclic) bond motifs is 3. The van der Waals surface area contributed by atoms with Crippen LogP contribution in [0.15, 0.2) is 60.9 Å². The topological polar surface area (TPSA) is 72.7 Å². The van der Waals surface area contributed by atoms with Crippen LogP contribution in [0, 0.1) is 6.92 Å². The van der Waals surface area contributed by atoms with E-state index in [9.17, 15) is 18.0 Å². The highest BCUT2D eigenvalue weighted by molar-refractivity contribution is 7.07. The number of benzene rings is 2. The molecule has 3 heterocycles. The van der Waals surface area contributed by atoms with E-state index in [2.05, 4.69) is 19.7 Å². The molecule has 0 bridgehead atoms. The molecule has 5 aromatic rings. The number of aromatic nitrogens is 4. The molecule has 0 aliphatic rings. The summed E-state index contributed by atoms with van der Waals surface area (Å²) >= 11 is 1.31. The fourth-order valence-electron chi connectivity index (χ4n) is 3.75. The summed E-state index contributed by atoms with van der Waals surface area (Å²) in [5.74, 6) is 0.223. The number of nitrogens with one attached hydrogen (secondary N) is 1. The van der Waals surface area contributed by atoms with Crippen molar-refractivity contribution in [3.63, 3.8) is 0 Å². The maximum Gasteiger partial charge on any atom is 0.416 e. The van der Waals surface area contributed by atoms with Crippen LogP contribution in [0.25, 0.3) is 27.6 Å². The number of halogens is 3. The first kappa shape index (κ1) is 21.1. The van der Waals surface area contributed by atoms with Gasteiger partial charge in [-0.2, -0.15) is 17.5 Å². The average molecular weight is 467 g/mol. The summed E-state index contributed by atoms with van der Waals surface area (Å²) in [6.45, 7) is 2.12. The van der Waals surface area contributed by atoms with Crippen molar-refractivity contribution in [2.24, 2.45) is 0 Å². The molecule has 33 heavy (non-hydrogen) atoms. The van der Waals surface area contributed by atoms with Gasteiger partial charge in [0.25, 0.3) is 5.91 Å². The summed E-state index contributed by atoms with van der Waals surface area (Å²) in [6, 6.07) is 11.9. The number of carbonyl (C=O) groups excluding carboxylic acids is 1. The van der Waals surface area contributed by atoms with E-state index in [-0.39, 0.29) is 12.5 Å². The van der Waals surface area contributed by atoms with Crippen molar-refractivity contribution >= 4 is 39.4 Å². The normalized spacial score (nSPS) is 11.9. The minimum Gasteiger partial charge on any atom is -0.345 e. The molecule has 0 radical (unpaired) electrons. The third kappa shape index (κ3) is 3.82.